The third-order valence-electron chi connectivity index (χ3n) is 4.05. The maximum Gasteiger partial charge on any atom is 0.193 e. The first kappa shape index (κ1) is 20.6. The summed E-state index contributed by atoms with van der Waals surface area (Å²) in [6.07, 6.45) is 2.77. The summed E-state index contributed by atoms with van der Waals surface area (Å²) in [6, 6.07) is 4.84. The van der Waals surface area contributed by atoms with Crippen molar-refractivity contribution in [2.75, 3.05) is 20.6 Å². The lowest BCUT2D eigenvalue weighted by molar-refractivity contribution is 0.471. The lowest BCUT2D eigenvalue weighted by Gasteiger charge is -2.21. The summed E-state index contributed by atoms with van der Waals surface area (Å²) in [5.41, 5.74) is 3.04. The topological polar surface area (TPSA) is 56.3 Å². The van der Waals surface area contributed by atoms with Crippen LogP contribution in [0, 0.1) is 12.7 Å². The number of hydrogen-bond donors (Lipinski definition) is 2. The third-order valence-corrected chi connectivity index (χ3v) is 4.87. The van der Waals surface area contributed by atoms with Gasteiger partial charge in [-0.3, -0.25) is 4.99 Å². The fourth-order valence-electron chi connectivity index (χ4n) is 2.86. The zero-order valence-corrected chi connectivity index (χ0v) is 18.2. The normalized spacial score (nSPS) is 11.5. The van der Waals surface area contributed by atoms with Gasteiger partial charge in [0.05, 0.1) is 17.2 Å². The minimum Gasteiger partial charge on any atom is -0.361 e. The fourth-order valence-corrected chi connectivity index (χ4v) is 3.46. The maximum absolute atomic E-state index is 13.3. The number of halogens is 2. The van der Waals surface area contributed by atoms with E-state index in [0.29, 0.717) is 0 Å². The summed E-state index contributed by atoms with van der Waals surface area (Å²) in [7, 11) is 3.78. The van der Waals surface area contributed by atoms with Crippen LogP contribution in [0.25, 0.3) is 10.9 Å². The van der Waals surface area contributed by atoms with E-state index in [9.17, 15) is 4.39 Å². The van der Waals surface area contributed by atoms with Crippen LogP contribution in [-0.2, 0) is 13.0 Å². The van der Waals surface area contributed by atoms with Crippen LogP contribution in [0.5, 0.6) is 0 Å². The van der Waals surface area contributed by atoms with Crippen molar-refractivity contribution in [3.05, 3.63) is 51.9 Å². The number of aromatic amines is 1. The smallest absolute Gasteiger partial charge is 0.193 e. The number of rotatable bonds is 5. The number of fused-ring (bicyclic) bond motifs is 1. The van der Waals surface area contributed by atoms with Crippen LogP contribution in [0.1, 0.15) is 16.3 Å². The van der Waals surface area contributed by atoms with Gasteiger partial charge in [0.25, 0.3) is 0 Å². The molecule has 3 aromatic rings. The zero-order valence-electron chi connectivity index (χ0n) is 15.0. The van der Waals surface area contributed by atoms with Crippen LogP contribution in [0.15, 0.2) is 34.8 Å². The molecule has 140 valence electrons. The Labute approximate surface area is 173 Å². The highest BCUT2D eigenvalue weighted by atomic mass is 127. The van der Waals surface area contributed by atoms with Crippen LogP contribution >= 0.6 is 35.3 Å². The number of thiazole rings is 1. The van der Waals surface area contributed by atoms with Crippen molar-refractivity contribution in [2.24, 2.45) is 4.99 Å². The van der Waals surface area contributed by atoms with Crippen molar-refractivity contribution >= 4 is 52.2 Å². The molecule has 3 rings (SSSR count). The van der Waals surface area contributed by atoms with E-state index in [4.69, 9.17) is 0 Å². The third kappa shape index (κ3) is 4.94. The fraction of sp³-hybridized carbons (Fsp3) is 0.333. The number of guanidine groups is 1. The summed E-state index contributed by atoms with van der Waals surface area (Å²) in [5.74, 6) is 0.606. The van der Waals surface area contributed by atoms with Gasteiger partial charge in [-0.2, -0.15) is 0 Å². The van der Waals surface area contributed by atoms with Crippen LogP contribution in [0.4, 0.5) is 4.39 Å². The molecule has 5 nitrogen and oxygen atoms in total. The van der Waals surface area contributed by atoms with Crippen LogP contribution in [-0.4, -0.2) is 41.5 Å². The Morgan fingerprint density at radius 1 is 1.42 bits per heavy atom. The first-order valence-corrected chi connectivity index (χ1v) is 9.03. The molecule has 0 unspecified atom stereocenters. The van der Waals surface area contributed by atoms with Gasteiger partial charge in [0.15, 0.2) is 5.96 Å². The molecule has 2 heterocycles. The second kappa shape index (κ2) is 9.31. The Balaban J connectivity index is 0.00000243. The first-order valence-electron chi connectivity index (χ1n) is 8.15. The van der Waals surface area contributed by atoms with E-state index in [1.807, 2.05) is 26.2 Å². The SMILES string of the molecule is CN=C(NCCc1c[nH]c2cc(F)ccc12)N(C)Cc1csc(C)n1.I. The molecule has 8 heteroatoms. The van der Waals surface area contributed by atoms with Crippen molar-refractivity contribution in [1.29, 1.82) is 0 Å². The number of nitrogens with one attached hydrogen (secondary N) is 2. The Hall–Kier alpha value is -1.68. The maximum atomic E-state index is 13.3. The van der Waals surface area contributed by atoms with Crippen LogP contribution in [0.2, 0.25) is 0 Å². The highest BCUT2D eigenvalue weighted by Crippen LogP contribution is 2.19. The quantitative estimate of drug-likeness (QED) is 0.326. The number of aromatic nitrogens is 2. The van der Waals surface area contributed by atoms with Crippen molar-refractivity contribution in [3.63, 3.8) is 0 Å². The lowest BCUT2D eigenvalue weighted by Crippen LogP contribution is -2.39. The molecule has 0 atom stereocenters. The monoisotopic (exact) mass is 487 g/mol. The molecule has 0 aliphatic rings. The van der Waals surface area contributed by atoms with Gasteiger partial charge in [-0.05, 0) is 37.1 Å². The number of aliphatic imine (C=N–C) groups is 1. The van der Waals surface area contributed by atoms with E-state index in [1.54, 1.807) is 18.4 Å². The molecule has 0 fully saturated rings. The van der Waals surface area contributed by atoms with E-state index < -0.39 is 0 Å². The summed E-state index contributed by atoms with van der Waals surface area (Å²) in [4.78, 5) is 14.0. The molecule has 0 bridgehead atoms. The summed E-state index contributed by atoms with van der Waals surface area (Å²) in [6.45, 7) is 3.47. The van der Waals surface area contributed by atoms with Gasteiger partial charge < -0.3 is 15.2 Å². The minimum atomic E-state index is -0.224. The van der Waals surface area contributed by atoms with Crippen LogP contribution < -0.4 is 5.32 Å². The molecule has 1 aromatic carbocycles. The van der Waals surface area contributed by atoms with Gasteiger partial charge in [-0.15, -0.1) is 35.3 Å². The average Bonchev–Trinajstić information content (AvgIpc) is 3.17. The Bertz CT molecular complexity index is 889. The zero-order chi connectivity index (χ0) is 17.8. The molecule has 0 aliphatic carbocycles. The molecule has 2 aromatic heterocycles. The van der Waals surface area contributed by atoms with Gasteiger partial charge in [-0.1, -0.05) is 0 Å². The Kier molecular flexibility index (Phi) is 7.39. The number of H-pyrrole nitrogens is 1. The first-order chi connectivity index (χ1) is 12.1. The molecule has 0 radical (unpaired) electrons. The molecule has 0 amide bonds. The van der Waals surface area contributed by atoms with Crippen molar-refractivity contribution in [2.45, 2.75) is 19.9 Å². The molecule has 0 saturated carbocycles. The number of aryl methyl sites for hydroxylation is 1. The predicted molar refractivity (Wildman–Crippen MR) is 117 cm³/mol. The summed E-state index contributed by atoms with van der Waals surface area (Å²) >= 11 is 1.66. The van der Waals surface area contributed by atoms with Gasteiger partial charge in [0, 0.05) is 43.1 Å². The van der Waals surface area contributed by atoms with E-state index >= 15 is 0 Å². The molecule has 0 aliphatic heterocycles. The highest BCUT2D eigenvalue weighted by Gasteiger charge is 2.09. The summed E-state index contributed by atoms with van der Waals surface area (Å²) < 4.78 is 13.3. The Morgan fingerprint density at radius 2 is 2.23 bits per heavy atom. The van der Waals surface area contributed by atoms with E-state index in [1.165, 1.54) is 12.1 Å². The minimum absolute atomic E-state index is 0. The largest absolute Gasteiger partial charge is 0.361 e. The number of benzene rings is 1. The molecule has 0 saturated heterocycles. The number of nitrogens with zero attached hydrogens (tertiary/aromatic N) is 3. The Morgan fingerprint density at radius 3 is 2.92 bits per heavy atom. The average molecular weight is 487 g/mol. The summed E-state index contributed by atoms with van der Waals surface area (Å²) in [5, 5.41) is 7.58. The van der Waals surface area contributed by atoms with Crippen LogP contribution in [0.3, 0.4) is 0 Å². The van der Waals surface area contributed by atoms with Gasteiger partial charge >= 0.3 is 0 Å². The predicted octanol–water partition coefficient (Wildman–Crippen LogP) is 3.94. The van der Waals surface area contributed by atoms with Crippen molar-refractivity contribution in [1.82, 2.24) is 20.2 Å². The standard InChI is InChI=1S/C18H22FN5S.HI/c1-12-23-15(11-25-12)10-24(3)18(20-2)21-7-6-13-9-22-17-8-14(19)4-5-16(13)17;/h4-5,8-9,11,22H,6-7,10H2,1-3H3,(H,20,21);1H. The van der Waals surface area contributed by atoms with Gasteiger partial charge in [-0.25, -0.2) is 9.37 Å². The van der Waals surface area contributed by atoms with E-state index in [2.05, 4.69) is 30.6 Å². The van der Waals surface area contributed by atoms with Crippen molar-refractivity contribution < 1.29 is 4.39 Å². The second-order valence-corrected chi connectivity index (χ2v) is 7.00. The molecule has 2 N–H and O–H groups in total. The molecule has 26 heavy (non-hydrogen) atoms. The lowest BCUT2D eigenvalue weighted by atomic mass is 10.1. The van der Waals surface area contributed by atoms with Gasteiger partial charge in [0.2, 0.25) is 0 Å². The molecule has 0 spiro atoms. The van der Waals surface area contributed by atoms with Crippen molar-refractivity contribution in [3.8, 4) is 0 Å². The molecular weight excluding hydrogens is 464 g/mol. The van der Waals surface area contributed by atoms with E-state index in [0.717, 1.165) is 52.6 Å². The van der Waals surface area contributed by atoms with Gasteiger partial charge in [0.1, 0.15) is 5.82 Å². The molecular formula is C18H23FIN5S. The number of hydrogen-bond acceptors (Lipinski definition) is 3. The second-order valence-electron chi connectivity index (χ2n) is 5.94. The van der Waals surface area contributed by atoms with E-state index in [-0.39, 0.29) is 29.8 Å². The highest BCUT2D eigenvalue weighted by molar-refractivity contribution is 14.0.